The van der Waals surface area contributed by atoms with E-state index < -0.39 is 12.1 Å². The molecule has 0 aliphatic heterocycles. The van der Waals surface area contributed by atoms with Crippen LogP contribution < -0.4 is 0 Å². The number of aliphatic hydroxyl groups is 1. The summed E-state index contributed by atoms with van der Waals surface area (Å²) in [6.45, 7) is 2.43. The summed E-state index contributed by atoms with van der Waals surface area (Å²) in [5.74, 6) is 0.436. The molecule has 0 saturated heterocycles. The van der Waals surface area contributed by atoms with Gasteiger partial charge in [0.15, 0.2) is 0 Å². The third-order valence-electron chi connectivity index (χ3n) is 6.31. The zero-order valence-electron chi connectivity index (χ0n) is 16.2. The summed E-state index contributed by atoms with van der Waals surface area (Å²) in [6, 6.07) is 0. The van der Waals surface area contributed by atoms with Crippen LogP contribution in [0.2, 0.25) is 0 Å². The van der Waals surface area contributed by atoms with Crippen molar-refractivity contribution < 1.29 is 24.5 Å². The number of hydrogen-bond donors (Lipinski definition) is 2. The number of fused-ring (bicyclic) bond motifs is 1. The van der Waals surface area contributed by atoms with E-state index in [-0.39, 0.29) is 18.3 Å². The molecular weight excluding hydrogens is 332 g/mol. The normalized spacial score (nSPS) is 30.5. The third-order valence-corrected chi connectivity index (χ3v) is 6.31. The summed E-state index contributed by atoms with van der Waals surface area (Å²) in [4.78, 5) is 23.2. The highest BCUT2D eigenvalue weighted by molar-refractivity contribution is 5.82. The molecule has 0 aromatic rings. The van der Waals surface area contributed by atoms with Gasteiger partial charge in [-0.2, -0.15) is 0 Å². The molecule has 0 amide bonds. The molecule has 5 nitrogen and oxygen atoms in total. The van der Waals surface area contributed by atoms with Crippen molar-refractivity contribution in [1.29, 1.82) is 0 Å². The van der Waals surface area contributed by atoms with Crippen LogP contribution in [0.5, 0.6) is 0 Å². The molecule has 0 unspecified atom stereocenters. The number of aliphatic hydroxyl groups excluding tert-OH is 1. The lowest BCUT2D eigenvalue weighted by Crippen LogP contribution is -2.28. The molecule has 0 aromatic heterocycles. The second-order valence-electron chi connectivity index (χ2n) is 8.31. The molecule has 2 rings (SSSR count). The van der Waals surface area contributed by atoms with Gasteiger partial charge in [0.2, 0.25) is 0 Å². The van der Waals surface area contributed by atoms with Gasteiger partial charge in [-0.05, 0) is 49.9 Å². The molecule has 0 bridgehead atoms. The Balaban J connectivity index is 1.70. The number of ketones is 1. The number of ether oxygens (including phenoxy) is 1. The Morgan fingerprint density at radius 1 is 1.04 bits per heavy atom. The lowest BCUT2D eigenvalue weighted by atomic mass is 9.85. The first-order valence-electron chi connectivity index (χ1n) is 10.5. The fourth-order valence-electron chi connectivity index (χ4n) is 5.07. The van der Waals surface area contributed by atoms with Crippen LogP contribution in [0.1, 0.15) is 77.6 Å². The lowest BCUT2D eigenvalue weighted by molar-refractivity contribution is -0.142. The topological polar surface area (TPSA) is 83.8 Å². The number of hydrogen-bond acceptors (Lipinski definition) is 4. The molecule has 5 heteroatoms. The van der Waals surface area contributed by atoms with E-state index >= 15 is 0 Å². The first kappa shape index (κ1) is 21.4. The van der Waals surface area contributed by atoms with E-state index in [9.17, 15) is 14.7 Å². The molecular formula is C21H36O5. The SMILES string of the molecule is CCCCCCCCC(=O)[C@H]1[C@@H]2C[C@H](CCOCC(=O)O)C[C@@H]2C[C@@H]1O. The minimum absolute atomic E-state index is 0.166. The maximum absolute atomic E-state index is 12.7. The van der Waals surface area contributed by atoms with Gasteiger partial charge in [-0.1, -0.05) is 39.0 Å². The smallest absolute Gasteiger partial charge is 0.329 e. The molecule has 2 aliphatic carbocycles. The summed E-state index contributed by atoms with van der Waals surface area (Å²) in [6.07, 6.45) is 10.8. The number of aliphatic carboxylic acids is 1. The van der Waals surface area contributed by atoms with Crippen LogP contribution in [0, 0.1) is 23.7 Å². The van der Waals surface area contributed by atoms with E-state index in [0.29, 0.717) is 30.8 Å². The van der Waals surface area contributed by atoms with Gasteiger partial charge in [0.05, 0.1) is 6.10 Å². The van der Waals surface area contributed by atoms with Crippen LogP contribution in [0.25, 0.3) is 0 Å². The van der Waals surface area contributed by atoms with Crippen molar-refractivity contribution in [3.05, 3.63) is 0 Å². The monoisotopic (exact) mass is 368 g/mol. The fourth-order valence-corrected chi connectivity index (χ4v) is 5.07. The summed E-state index contributed by atoms with van der Waals surface area (Å²) in [5.41, 5.74) is 0. The summed E-state index contributed by atoms with van der Waals surface area (Å²) >= 11 is 0. The van der Waals surface area contributed by atoms with E-state index in [1.54, 1.807) is 0 Å². The molecule has 2 N–H and O–H groups in total. The highest BCUT2D eigenvalue weighted by atomic mass is 16.5. The van der Waals surface area contributed by atoms with Gasteiger partial charge >= 0.3 is 5.97 Å². The van der Waals surface area contributed by atoms with Gasteiger partial charge in [-0.15, -0.1) is 0 Å². The summed E-state index contributed by atoms with van der Waals surface area (Å²) < 4.78 is 5.15. The first-order chi connectivity index (χ1) is 12.5. The Morgan fingerprint density at radius 2 is 1.77 bits per heavy atom. The first-order valence-corrected chi connectivity index (χ1v) is 10.5. The Labute approximate surface area is 157 Å². The zero-order valence-corrected chi connectivity index (χ0v) is 16.2. The van der Waals surface area contributed by atoms with Crippen molar-refractivity contribution in [3.63, 3.8) is 0 Å². The standard InChI is InChI=1S/C21H36O5/c1-2-3-4-5-6-7-8-18(22)21-17-12-15(9-10-26-14-20(24)25)11-16(17)13-19(21)23/h15-17,19,21,23H,2-14H2,1H3,(H,24,25)/t15-,16-,17-,19+,21-/m1/s1. The van der Waals surface area contributed by atoms with Gasteiger partial charge in [-0.3, -0.25) is 4.79 Å². The second-order valence-corrected chi connectivity index (χ2v) is 8.31. The van der Waals surface area contributed by atoms with Crippen LogP contribution in [-0.2, 0) is 14.3 Å². The number of carboxylic acid groups (broad SMARTS) is 1. The molecule has 2 saturated carbocycles. The Morgan fingerprint density at radius 3 is 2.50 bits per heavy atom. The van der Waals surface area contributed by atoms with E-state index in [2.05, 4.69) is 6.92 Å². The molecule has 0 radical (unpaired) electrons. The molecule has 2 fully saturated rings. The number of carbonyl (C=O) groups is 2. The van der Waals surface area contributed by atoms with E-state index in [1.807, 2.05) is 0 Å². The van der Waals surface area contributed by atoms with Gasteiger partial charge in [0.1, 0.15) is 12.4 Å². The second kappa shape index (κ2) is 11.0. The molecule has 26 heavy (non-hydrogen) atoms. The number of Topliss-reactive ketones (excluding diaryl/α,β-unsaturated/α-hetero) is 1. The number of unbranched alkanes of at least 4 members (excludes halogenated alkanes) is 5. The molecule has 0 aromatic carbocycles. The van der Waals surface area contributed by atoms with Gasteiger partial charge in [0.25, 0.3) is 0 Å². The van der Waals surface area contributed by atoms with Gasteiger partial charge in [-0.25, -0.2) is 4.79 Å². The fraction of sp³-hybridized carbons (Fsp3) is 0.905. The van der Waals surface area contributed by atoms with Crippen LogP contribution >= 0.6 is 0 Å². The minimum atomic E-state index is -0.934. The third kappa shape index (κ3) is 6.34. The van der Waals surface area contributed by atoms with Crippen LogP contribution in [0.4, 0.5) is 0 Å². The van der Waals surface area contributed by atoms with Crippen LogP contribution in [-0.4, -0.2) is 41.3 Å². The van der Waals surface area contributed by atoms with E-state index in [4.69, 9.17) is 9.84 Å². The Hall–Kier alpha value is -0.940. The van der Waals surface area contributed by atoms with E-state index in [1.165, 1.54) is 25.7 Å². The maximum Gasteiger partial charge on any atom is 0.329 e. The molecule has 150 valence electrons. The number of carbonyl (C=O) groups excluding carboxylic acids is 1. The highest BCUT2D eigenvalue weighted by Crippen LogP contribution is 2.51. The quantitative estimate of drug-likeness (QED) is 0.483. The largest absolute Gasteiger partial charge is 0.480 e. The predicted octanol–water partition coefficient (Wildman–Crippen LogP) is 3.82. The zero-order chi connectivity index (χ0) is 18.9. The number of rotatable bonds is 13. The Bertz CT molecular complexity index is 450. The van der Waals surface area contributed by atoms with Crippen molar-refractivity contribution in [1.82, 2.24) is 0 Å². The van der Waals surface area contributed by atoms with Crippen molar-refractivity contribution in [2.24, 2.45) is 23.7 Å². The van der Waals surface area contributed by atoms with Crippen molar-refractivity contribution >= 4 is 11.8 Å². The summed E-state index contributed by atoms with van der Waals surface area (Å²) in [5, 5.41) is 19.0. The van der Waals surface area contributed by atoms with Crippen LogP contribution in [0.15, 0.2) is 0 Å². The highest BCUT2D eigenvalue weighted by Gasteiger charge is 2.50. The predicted molar refractivity (Wildman–Crippen MR) is 99.9 cm³/mol. The minimum Gasteiger partial charge on any atom is -0.480 e. The Kier molecular flexibility index (Phi) is 9.06. The molecule has 0 heterocycles. The molecule has 0 spiro atoms. The van der Waals surface area contributed by atoms with Crippen molar-refractivity contribution in [2.45, 2.75) is 83.7 Å². The lowest BCUT2D eigenvalue weighted by Gasteiger charge is -2.21. The van der Waals surface area contributed by atoms with Gasteiger partial charge < -0.3 is 14.9 Å². The molecule has 2 aliphatic rings. The molecule has 5 atom stereocenters. The number of carboxylic acids is 1. The van der Waals surface area contributed by atoms with E-state index in [0.717, 1.165) is 38.5 Å². The summed E-state index contributed by atoms with van der Waals surface area (Å²) in [7, 11) is 0. The van der Waals surface area contributed by atoms with Crippen LogP contribution in [0.3, 0.4) is 0 Å². The van der Waals surface area contributed by atoms with Crippen molar-refractivity contribution in [3.8, 4) is 0 Å². The van der Waals surface area contributed by atoms with Gasteiger partial charge in [0, 0.05) is 18.9 Å². The average molecular weight is 369 g/mol. The van der Waals surface area contributed by atoms with Crippen molar-refractivity contribution in [2.75, 3.05) is 13.2 Å². The maximum atomic E-state index is 12.7. The average Bonchev–Trinajstić information content (AvgIpc) is 3.10.